The zero-order chi connectivity index (χ0) is 13.1. The number of nitro groups is 1. The molecule has 1 fully saturated rings. The molecular weight excluding hydrogens is 238 g/mol. The highest BCUT2D eigenvalue weighted by Gasteiger charge is 2.25. The van der Waals surface area contributed by atoms with Gasteiger partial charge in [0.05, 0.1) is 5.69 Å². The van der Waals surface area contributed by atoms with Gasteiger partial charge in [-0.2, -0.15) is 0 Å². The summed E-state index contributed by atoms with van der Waals surface area (Å²) in [5, 5.41) is 19.2. The molecule has 2 rings (SSSR count). The Morgan fingerprint density at radius 3 is 2.94 bits per heavy atom. The highest BCUT2D eigenvalue weighted by Crippen LogP contribution is 2.25. The van der Waals surface area contributed by atoms with E-state index >= 15 is 0 Å². The molecule has 0 amide bonds. The van der Waals surface area contributed by atoms with E-state index in [2.05, 4.69) is 4.98 Å². The minimum atomic E-state index is -0.788. The average Bonchev–Trinajstić information content (AvgIpc) is 2.76. The van der Waals surface area contributed by atoms with Crippen LogP contribution in [0, 0.1) is 16.0 Å². The van der Waals surface area contributed by atoms with Crippen LogP contribution in [0.2, 0.25) is 0 Å². The summed E-state index contributed by atoms with van der Waals surface area (Å²) in [6.45, 7) is 1.42. The molecule has 2 heterocycles. The van der Waals surface area contributed by atoms with Gasteiger partial charge in [0.25, 0.3) is 0 Å². The number of nitrogens with zero attached hydrogens (tertiary/aromatic N) is 3. The topological polar surface area (TPSA) is 96.6 Å². The van der Waals surface area contributed by atoms with E-state index < -0.39 is 10.9 Å². The number of rotatable bonds is 4. The largest absolute Gasteiger partial charge is 0.481 e. The highest BCUT2D eigenvalue weighted by atomic mass is 16.6. The zero-order valence-corrected chi connectivity index (χ0v) is 9.65. The van der Waals surface area contributed by atoms with Gasteiger partial charge in [0, 0.05) is 25.6 Å². The van der Waals surface area contributed by atoms with E-state index in [1.807, 2.05) is 4.90 Å². The van der Waals surface area contributed by atoms with Crippen LogP contribution in [-0.4, -0.2) is 34.1 Å². The van der Waals surface area contributed by atoms with Gasteiger partial charge >= 0.3 is 11.8 Å². The normalized spacial score (nSPS) is 18.9. The maximum absolute atomic E-state index is 10.6. The van der Waals surface area contributed by atoms with Crippen LogP contribution in [0.1, 0.15) is 12.8 Å². The molecule has 1 aromatic heterocycles. The van der Waals surface area contributed by atoms with Crippen molar-refractivity contribution in [2.45, 2.75) is 12.8 Å². The monoisotopic (exact) mass is 251 g/mol. The van der Waals surface area contributed by atoms with E-state index in [1.165, 1.54) is 12.3 Å². The van der Waals surface area contributed by atoms with E-state index in [1.54, 1.807) is 6.07 Å². The molecule has 0 saturated carbocycles. The first kappa shape index (κ1) is 12.3. The third-order valence-corrected chi connectivity index (χ3v) is 3.03. The van der Waals surface area contributed by atoms with Gasteiger partial charge in [0.2, 0.25) is 0 Å². The Hall–Kier alpha value is -2.18. The van der Waals surface area contributed by atoms with Gasteiger partial charge in [0.15, 0.2) is 6.20 Å². The van der Waals surface area contributed by atoms with Crippen LogP contribution in [0.4, 0.5) is 11.5 Å². The van der Waals surface area contributed by atoms with Crippen LogP contribution in [0.25, 0.3) is 0 Å². The molecule has 0 bridgehead atoms. The lowest BCUT2D eigenvalue weighted by Gasteiger charge is -2.16. The van der Waals surface area contributed by atoms with Gasteiger partial charge < -0.3 is 20.1 Å². The number of hydrogen-bond donors (Lipinski definition) is 1. The fourth-order valence-corrected chi connectivity index (χ4v) is 2.15. The molecule has 0 aliphatic carbocycles. The standard InChI is InChI=1S/C11H13N3O4/c15-11(16)5-8-3-4-13(7-8)9-1-2-10(12-6-9)14(17)18/h1-2,6,8H,3-5,7H2,(H,15,16). The van der Waals surface area contributed by atoms with Crippen LogP contribution in [0.15, 0.2) is 18.3 Å². The summed E-state index contributed by atoms with van der Waals surface area (Å²) in [5.74, 6) is -0.832. The first-order chi connectivity index (χ1) is 8.56. The lowest BCUT2D eigenvalue weighted by Crippen LogP contribution is -2.20. The average molecular weight is 251 g/mol. The van der Waals surface area contributed by atoms with Gasteiger partial charge in [-0.05, 0) is 28.3 Å². The second kappa shape index (κ2) is 4.99. The fourth-order valence-electron chi connectivity index (χ4n) is 2.15. The van der Waals surface area contributed by atoms with Crippen LogP contribution in [-0.2, 0) is 4.79 Å². The van der Waals surface area contributed by atoms with Crippen LogP contribution < -0.4 is 4.90 Å². The van der Waals surface area contributed by atoms with Crippen molar-refractivity contribution in [3.8, 4) is 0 Å². The van der Waals surface area contributed by atoms with E-state index in [0.717, 1.165) is 18.7 Å². The Morgan fingerprint density at radius 2 is 2.39 bits per heavy atom. The number of anilines is 1. The molecular formula is C11H13N3O4. The van der Waals surface area contributed by atoms with Crippen LogP contribution in [0.3, 0.4) is 0 Å². The van der Waals surface area contributed by atoms with Crippen molar-refractivity contribution < 1.29 is 14.8 Å². The Balaban J connectivity index is 2.01. The summed E-state index contributed by atoms with van der Waals surface area (Å²) in [7, 11) is 0. The molecule has 1 N–H and O–H groups in total. The minimum absolute atomic E-state index is 0.137. The predicted octanol–water partition coefficient (Wildman–Crippen LogP) is 1.29. The molecule has 1 saturated heterocycles. The quantitative estimate of drug-likeness (QED) is 0.639. The molecule has 1 aromatic rings. The Kier molecular flexibility index (Phi) is 3.40. The fraction of sp³-hybridized carbons (Fsp3) is 0.455. The Bertz CT molecular complexity index is 460. The van der Waals surface area contributed by atoms with Crippen LogP contribution in [0.5, 0.6) is 0 Å². The first-order valence-corrected chi connectivity index (χ1v) is 5.63. The molecule has 7 nitrogen and oxygen atoms in total. The number of carboxylic acids is 1. The lowest BCUT2D eigenvalue weighted by atomic mass is 10.1. The number of hydrogen-bond acceptors (Lipinski definition) is 5. The molecule has 1 unspecified atom stereocenters. The molecule has 7 heteroatoms. The summed E-state index contributed by atoms with van der Waals surface area (Å²) in [6.07, 6.45) is 2.45. The number of carboxylic acid groups (broad SMARTS) is 1. The number of carbonyl (C=O) groups is 1. The summed E-state index contributed by atoms with van der Waals surface area (Å²) < 4.78 is 0. The highest BCUT2D eigenvalue weighted by molar-refractivity contribution is 5.67. The Morgan fingerprint density at radius 1 is 1.61 bits per heavy atom. The number of aromatic nitrogens is 1. The van der Waals surface area contributed by atoms with Crippen LogP contribution >= 0.6 is 0 Å². The maximum atomic E-state index is 10.6. The van der Waals surface area contributed by atoms with Crippen molar-refractivity contribution in [3.63, 3.8) is 0 Å². The molecule has 0 radical (unpaired) electrons. The Labute approximate surface area is 103 Å². The van der Waals surface area contributed by atoms with E-state index in [4.69, 9.17) is 5.11 Å². The van der Waals surface area contributed by atoms with Gasteiger partial charge in [0.1, 0.15) is 0 Å². The van der Waals surface area contributed by atoms with Gasteiger partial charge in [-0.25, -0.2) is 0 Å². The second-order valence-electron chi connectivity index (χ2n) is 4.33. The summed E-state index contributed by atoms with van der Waals surface area (Å²) in [4.78, 5) is 26.3. The molecule has 18 heavy (non-hydrogen) atoms. The number of aliphatic carboxylic acids is 1. The molecule has 96 valence electrons. The van der Waals surface area contributed by atoms with Gasteiger partial charge in [-0.3, -0.25) is 4.79 Å². The molecule has 0 spiro atoms. The predicted molar refractivity (Wildman–Crippen MR) is 63.5 cm³/mol. The van der Waals surface area contributed by atoms with Crippen molar-refractivity contribution >= 4 is 17.5 Å². The second-order valence-corrected chi connectivity index (χ2v) is 4.33. The van der Waals surface area contributed by atoms with Crippen molar-refractivity contribution in [3.05, 3.63) is 28.4 Å². The number of pyridine rings is 1. The smallest absolute Gasteiger partial charge is 0.363 e. The third-order valence-electron chi connectivity index (χ3n) is 3.03. The molecule has 1 aliphatic heterocycles. The summed E-state index contributed by atoms with van der Waals surface area (Å²) >= 11 is 0. The maximum Gasteiger partial charge on any atom is 0.363 e. The third kappa shape index (κ3) is 2.73. The molecule has 0 aromatic carbocycles. The molecule has 1 atom stereocenters. The van der Waals surface area contributed by atoms with Crippen molar-refractivity contribution in [1.29, 1.82) is 0 Å². The van der Waals surface area contributed by atoms with E-state index in [9.17, 15) is 14.9 Å². The SMILES string of the molecule is O=C(O)CC1CCN(c2ccc([N+](=O)[O-])nc2)C1. The first-order valence-electron chi connectivity index (χ1n) is 5.63. The zero-order valence-electron chi connectivity index (χ0n) is 9.65. The minimum Gasteiger partial charge on any atom is -0.481 e. The summed E-state index contributed by atoms with van der Waals surface area (Å²) in [5.41, 5.74) is 0.800. The van der Waals surface area contributed by atoms with Gasteiger partial charge in [-0.1, -0.05) is 0 Å². The van der Waals surface area contributed by atoms with Crippen molar-refractivity contribution in [1.82, 2.24) is 4.98 Å². The van der Waals surface area contributed by atoms with E-state index in [0.29, 0.717) is 6.54 Å². The summed E-state index contributed by atoms with van der Waals surface area (Å²) in [6, 6.07) is 3.01. The van der Waals surface area contributed by atoms with Crippen molar-refractivity contribution in [2.24, 2.45) is 5.92 Å². The van der Waals surface area contributed by atoms with E-state index in [-0.39, 0.29) is 18.2 Å². The molecule has 1 aliphatic rings. The lowest BCUT2D eigenvalue weighted by molar-refractivity contribution is -0.389. The van der Waals surface area contributed by atoms with Crippen molar-refractivity contribution in [2.75, 3.05) is 18.0 Å². The van der Waals surface area contributed by atoms with Gasteiger partial charge in [-0.15, -0.1) is 0 Å².